The Labute approximate surface area is 115 Å². The molecule has 4 aliphatic rings. The van der Waals surface area contributed by atoms with E-state index in [4.69, 9.17) is 10.7 Å². The van der Waals surface area contributed by atoms with E-state index in [9.17, 15) is 0 Å². The summed E-state index contributed by atoms with van der Waals surface area (Å²) in [5.41, 5.74) is 9.84. The molecule has 0 radical (unpaired) electrons. The first-order valence-electron chi connectivity index (χ1n) is 7.71. The second-order valence-corrected chi connectivity index (χ2v) is 7.20. The molecule has 5 rings (SSSR count). The van der Waals surface area contributed by atoms with Crippen LogP contribution in [-0.4, -0.2) is 9.97 Å². The van der Waals surface area contributed by atoms with Crippen molar-refractivity contribution in [3.8, 4) is 0 Å². The monoisotopic (exact) mass is 257 g/mol. The lowest BCUT2D eigenvalue weighted by molar-refractivity contribution is -0.00762. The molecule has 0 atom stereocenters. The van der Waals surface area contributed by atoms with E-state index in [0.29, 0.717) is 12.0 Å². The predicted molar refractivity (Wildman–Crippen MR) is 74.5 cm³/mol. The Morgan fingerprint density at radius 2 is 1.68 bits per heavy atom. The van der Waals surface area contributed by atoms with Crippen molar-refractivity contribution in [2.75, 3.05) is 0 Å². The van der Waals surface area contributed by atoms with Crippen LogP contribution in [0, 0.1) is 24.7 Å². The van der Waals surface area contributed by atoms with Crippen LogP contribution in [0.15, 0.2) is 6.33 Å². The molecule has 1 heterocycles. The number of hydrogen-bond acceptors (Lipinski definition) is 3. The molecule has 0 aliphatic heterocycles. The third-order valence-corrected chi connectivity index (χ3v) is 5.92. The van der Waals surface area contributed by atoms with Gasteiger partial charge in [-0.1, -0.05) is 0 Å². The molecule has 0 unspecified atom stereocenters. The van der Waals surface area contributed by atoms with Crippen molar-refractivity contribution < 1.29 is 0 Å². The predicted octanol–water partition coefficient (Wildman–Crippen LogP) is 2.71. The number of hydrogen-bond donors (Lipinski definition) is 1. The highest BCUT2D eigenvalue weighted by Crippen LogP contribution is 2.60. The van der Waals surface area contributed by atoms with Gasteiger partial charge in [-0.05, 0) is 68.8 Å². The third kappa shape index (κ3) is 1.67. The zero-order valence-corrected chi connectivity index (χ0v) is 11.7. The van der Waals surface area contributed by atoms with Crippen molar-refractivity contribution in [2.24, 2.45) is 23.5 Å². The molecular weight excluding hydrogens is 234 g/mol. The van der Waals surface area contributed by atoms with Crippen molar-refractivity contribution in [2.45, 2.75) is 57.4 Å². The third-order valence-electron chi connectivity index (χ3n) is 5.92. The molecule has 1 aromatic rings. The summed E-state index contributed by atoms with van der Waals surface area (Å²) in [5.74, 6) is 2.88. The highest BCUT2D eigenvalue weighted by atomic mass is 14.9. The molecule has 0 amide bonds. The maximum Gasteiger partial charge on any atom is 0.116 e. The van der Waals surface area contributed by atoms with Gasteiger partial charge in [-0.2, -0.15) is 0 Å². The fourth-order valence-electron chi connectivity index (χ4n) is 5.63. The van der Waals surface area contributed by atoms with E-state index in [1.165, 1.54) is 49.8 Å². The standard InChI is InChI=1S/C16H23N3/c1-10-14(8-17)18-9-19-15(10)16-5-11-2-12(6-16)4-13(3-11)7-16/h9,11-13H,2-8,17H2,1H3. The minimum atomic E-state index is 0.367. The van der Waals surface area contributed by atoms with E-state index in [1.807, 2.05) is 0 Å². The Morgan fingerprint density at radius 1 is 1.11 bits per heavy atom. The summed E-state index contributed by atoms with van der Waals surface area (Å²) in [6.45, 7) is 2.71. The molecule has 4 fully saturated rings. The maximum absolute atomic E-state index is 5.82. The summed E-state index contributed by atoms with van der Waals surface area (Å²) >= 11 is 0. The lowest BCUT2D eigenvalue weighted by Gasteiger charge is -2.56. The van der Waals surface area contributed by atoms with E-state index >= 15 is 0 Å². The van der Waals surface area contributed by atoms with E-state index in [-0.39, 0.29) is 0 Å². The lowest BCUT2D eigenvalue weighted by atomic mass is 9.48. The molecular formula is C16H23N3. The quantitative estimate of drug-likeness (QED) is 0.886. The Kier molecular flexibility index (Phi) is 2.50. The number of rotatable bonds is 2. The largest absolute Gasteiger partial charge is 0.325 e. The van der Waals surface area contributed by atoms with Gasteiger partial charge in [-0.3, -0.25) is 0 Å². The highest BCUT2D eigenvalue weighted by Gasteiger charge is 2.52. The van der Waals surface area contributed by atoms with Gasteiger partial charge in [0.2, 0.25) is 0 Å². The van der Waals surface area contributed by atoms with Crippen molar-refractivity contribution in [3.63, 3.8) is 0 Å². The molecule has 102 valence electrons. The van der Waals surface area contributed by atoms with Crippen LogP contribution in [0.3, 0.4) is 0 Å². The van der Waals surface area contributed by atoms with Crippen LogP contribution in [0.5, 0.6) is 0 Å². The summed E-state index contributed by atoms with van der Waals surface area (Å²) in [5, 5.41) is 0. The Balaban J connectivity index is 1.79. The summed E-state index contributed by atoms with van der Waals surface area (Å²) in [7, 11) is 0. The average Bonchev–Trinajstić information content (AvgIpc) is 2.37. The molecule has 4 saturated carbocycles. The topological polar surface area (TPSA) is 51.8 Å². The lowest BCUT2D eigenvalue weighted by Crippen LogP contribution is -2.49. The first-order chi connectivity index (χ1) is 9.20. The fraction of sp³-hybridized carbons (Fsp3) is 0.750. The van der Waals surface area contributed by atoms with E-state index in [0.717, 1.165) is 23.4 Å². The van der Waals surface area contributed by atoms with Gasteiger partial charge in [0.05, 0.1) is 11.4 Å². The van der Waals surface area contributed by atoms with Gasteiger partial charge in [0.15, 0.2) is 0 Å². The molecule has 3 heteroatoms. The minimum Gasteiger partial charge on any atom is -0.325 e. The first-order valence-corrected chi connectivity index (χ1v) is 7.71. The Hall–Kier alpha value is -0.960. The van der Waals surface area contributed by atoms with Crippen LogP contribution in [0.1, 0.15) is 55.5 Å². The van der Waals surface area contributed by atoms with E-state index < -0.39 is 0 Å². The van der Waals surface area contributed by atoms with Gasteiger partial charge in [0.25, 0.3) is 0 Å². The smallest absolute Gasteiger partial charge is 0.116 e. The Morgan fingerprint density at radius 3 is 2.21 bits per heavy atom. The first kappa shape index (κ1) is 11.8. The molecule has 0 aromatic carbocycles. The molecule has 3 nitrogen and oxygen atoms in total. The summed E-state index contributed by atoms with van der Waals surface area (Å²) in [4.78, 5) is 9.06. The second kappa shape index (κ2) is 4.02. The molecule has 2 N–H and O–H groups in total. The highest BCUT2D eigenvalue weighted by molar-refractivity contribution is 5.32. The molecule has 4 bridgehead atoms. The van der Waals surface area contributed by atoms with Gasteiger partial charge in [0, 0.05) is 12.0 Å². The van der Waals surface area contributed by atoms with Crippen molar-refractivity contribution >= 4 is 0 Å². The van der Waals surface area contributed by atoms with E-state index in [2.05, 4.69) is 11.9 Å². The van der Waals surface area contributed by atoms with Crippen LogP contribution < -0.4 is 5.73 Å². The second-order valence-electron chi connectivity index (χ2n) is 7.20. The molecule has 0 saturated heterocycles. The molecule has 0 spiro atoms. The van der Waals surface area contributed by atoms with Gasteiger partial charge in [-0.15, -0.1) is 0 Å². The molecule has 1 aromatic heterocycles. The minimum absolute atomic E-state index is 0.367. The Bertz CT molecular complexity index is 473. The summed E-state index contributed by atoms with van der Waals surface area (Å²) in [6, 6.07) is 0. The van der Waals surface area contributed by atoms with Crippen LogP contribution in [0.25, 0.3) is 0 Å². The maximum atomic E-state index is 5.82. The van der Waals surface area contributed by atoms with Gasteiger partial charge >= 0.3 is 0 Å². The van der Waals surface area contributed by atoms with Crippen LogP contribution in [0.4, 0.5) is 0 Å². The SMILES string of the molecule is Cc1c(CN)ncnc1C12CC3CC(CC(C3)C1)C2. The molecule has 19 heavy (non-hydrogen) atoms. The summed E-state index contributed by atoms with van der Waals surface area (Å²) in [6.07, 6.45) is 10.3. The van der Waals surface area contributed by atoms with Gasteiger partial charge in [0.1, 0.15) is 6.33 Å². The fourth-order valence-corrected chi connectivity index (χ4v) is 5.63. The molecule has 4 aliphatic carbocycles. The van der Waals surface area contributed by atoms with Crippen molar-refractivity contribution in [1.29, 1.82) is 0 Å². The number of nitrogens with zero attached hydrogens (tertiary/aromatic N) is 2. The normalized spacial score (nSPS) is 39.8. The van der Waals surface area contributed by atoms with Crippen molar-refractivity contribution in [3.05, 3.63) is 23.3 Å². The van der Waals surface area contributed by atoms with Gasteiger partial charge < -0.3 is 5.73 Å². The van der Waals surface area contributed by atoms with E-state index in [1.54, 1.807) is 6.33 Å². The van der Waals surface area contributed by atoms with Crippen LogP contribution >= 0.6 is 0 Å². The number of nitrogens with two attached hydrogens (primary N) is 1. The summed E-state index contributed by atoms with van der Waals surface area (Å²) < 4.78 is 0. The zero-order chi connectivity index (χ0) is 13.0. The van der Waals surface area contributed by atoms with Gasteiger partial charge in [-0.25, -0.2) is 9.97 Å². The van der Waals surface area contributed by atoms with Crippen molar-refractivity contribution in [1.82, 2.24) is 9.97 Å². The van der Waals surface area contributed by atoms with Crippen LogP contribution in [0.2, 0.25) is 0 Å². The number of aromatic nitrogens is 2. The average molecular weight is 257 g/mol. The zero-order valence-electron chi connectivity index (χ0n) is 11.7. The van der Waals surface area contributed by atoms with Crippen LogP contribution in [-0.2, 0) is 12.0 Å².